The highest BCUT2D eigenvalue weighted by Gasteiger charge is 2.54. The van der Waals surface area contributed by atoms with Crippen molar-refractivity contribution in [2.45, 2.75) is 49.6 Å². The first-order valence-electron chi connectivity index (χ1n) is 11.8. The van der Waals surface area contributed by atoms with Crippen LogP contribution in [-0.2, 0) is 10.2 Å². The van der Waals surface area contributed by atoms with Crippen molar-refractivity contribution < 1.29 is 32.5 Å². The zero-order valence-electron chi connectivity index (χ0n) is 19.6. The number of anilines is 1. The fraction of sp³-hybridized carbons (Fsp3) is 0.440. The van der Waals surface area contributed by atoms with Gasteiger partial charge in [-0.15, -0.1) is 0 Å². The maximum atomic E-state index is 13.8. The van der Waals surface area contributed by atoms with Crippen molar-refractivity contribution >= 4 is 22.5 Å². The Morgan fingerprint density at radius 1 is 1.28 bits per heavy atom. The molecule has 3 aromatic rings. The van der Waals surface area contributed by atoms with E-state index in [2.05, 4.69) is 10.2 Å². The number of halogens is 3. The van der Waals surface area contributed by atoms with Crippen molar-refractivity contribution in [3.8, 4) is 11.5 Å². The Morgan fingerprint density at radius 3 is 2.78 bits per heavy atom. The highest BCUT2D eigenvalue weighted by Crippen LogP contribution is 2.54. The molecular formula is C25H27F3N4O4. The van der Waals surface area contributed by atoms with E-state index in [-0.39, 0.29) is 18.6 Å². The van der Waals surface area contributed by atoms with E-state index in [4.69, 9.17) is 9.47 Å². The average molecular weight is 505 g/mol. The van der Waals surface area contributed by atoms with Crippen LogP contribution in [0.25, 0.3) is 10.9 Å². The van der Waals surface area contributed by atoms with Gasteiger partial charge in [-0.25, -0.2) is 0 Å². The van der Waals surface area contributed by atoms with Gasteiger partial charge in [0.2, 0.25) is 5.91 Å². The second-order valence-electron chi connectivity index (χ2n) is 9.30. The second-order valence-corrected chi connectivity index (χ2v) is 9.30. The van der Waals surface area contributed by atoms with E-state index < -0.39 is 24.4 Å². The zero-order chi connectivity index (χ0) is 25.5. The molecule has 1 spiro atoms. The number of rotatable bonds is 7. The number of methoxy groups -OCH3 is 1. The van der Waals surface area contributed by atoms with Gasteiger partial charge in [0.15, 0.2) is 0 Å². The van der Waals surface area contributed by atoms with Crippen molar-refractivity contribution in [2.24, 2.45) is 0 Å². The fourth-order valence-electron chi connectivity index (χ4n) is 5.37. The van der Waals surface area contributed by atoms with E-state index in [1.807, 2.05) is 23.5 Å². The smallest absolute Gasteiger partial charge is 0.401 e. The van der Waals surface area contributed by atoms with Gasteiger partial charge in [-0.3, -0.25) is 15.2 Å². The first-order chi connectivity index (χ1) is 17.2. The molecule has 3 N–H and O–H groups in total. The predicted molar refractivity (Wildman–Crippen MR) is 126 cm³/mol. The van der Waals surface area contributed by atoms with E-state index in [9.17, 15) is 23.1 Å². The third kappa shape index (κ3) is 4.48. The highest BCUT2D eigenvalue weighted by atomic mass is 19.4. The minimum atomic E-state index is -4.47. The Bertz CT molecular complexity index is 1250. The zero-order valence-corrected chi connectivity index (χ0v) is 19.6. The lowest BCUT2D eigenvalue weighted by Crippen LogP contribution is -2.49. The van der Waals surface area contributed by atoms with E-state index in [1.54, 1.807) is 24.4 Å². The normalized spacial score (nSPS) is 22.8. The summed E-state index contributed by atoms with van der Waals surface area (Å²) in [6.45, 7) is -1.66. The number of benzene rings is 2. The van der Waals surface area contributed by atoms with Crippen LogP contribution < -0.4 is 19.7 Å². The first-order valence-corrected chi connectivity index (χ1v) is 11.8. The average Bonchev–Trinajstić information content (AvgIpc) is 3.41. The van der Waals surface area contributed by atoms with E-state index >= 15 is 0 Å². The number of H-pyrrole nitrogens is 1. The molecule has 0 bridgehead atoms. The van der Waals surface area contributed by atoms with Crippen LogP contribution in [0, 0.1) is 0 Å². The minimum Gasteiger partial charge on any atom is -0.496 e. The molecule has 1 fully saturated rings. The van der Waals surface area contributed by atoms with E-state index in [0.717, 1.165) is 22.2 Å². The Morgan fingerprint density at radius 2 is 2.06 bits per heavy atom. The maximum absolute atomic E-state index is 13.8. The summed E-state index contributed by atoms with van der Waals surface area (Å²) in [5.74, 6) is 1.03. The molecule has 192 valence electrons. The summed E-state index contributed by atoms with van der Waals surface area (Å²) < 4.78 is 49.6. The van der Waals surface area contributed by atoms with Crippen LogP contribution in [0.1, 0.15) is 31.2 Å². The molecule has 0 radical (unpaired) electrons. The van der Waals surface area contributed by atoms with E-state index in [1.165, 1.54) is 12.0 Å². The van der Waals surface area contributed by atoms with Crippen LogP contribution in [0.4, 0.5) is 18.9 Å². The Hall–Kier alpha value is -3.31. The third-order valence-corrected chi connectivity index (χ3v) is 7.04. The number of aliphatic hydroxyl groups is 1. The quantitative estimate of drug-likeness (QED) is 0.425. The van der Waals surface area contributed by atoms with Crippen LogP contribution >= 0.6 is 0 Å². The van der Waals surface area contributed by atoms with Crippen LogP contribution in [0.5, 0.6) is 11.5 Å². The van der Waals surface area contributed by atoms with Gasteiger partial charge in [0.05, 0.1) is 49.1 Å². The number of carbonyl (C=O) groups excluding carboxylic acids is 1. The summed E-state index contributed by atoms with van der Waals surface area (Å²) in [4.78, 5) is 15.2. The number of hydrogen-bond acceptors (Lipinski definition) is 6. The van der Waals surface area contributed by atoms with Gasteiger partial charge >= 0.3 is 6.18 Å². The summed E-state index contributed by atoms with van der Waals surface area (Å²) >= 11 is 0. The van der Waals surface area contributed by atoms with Gasteiger partial charge in [0.25, 0.3) is 0 Å². The Kier molecular flexibility index (Phi) is 6.29. The van der Waals surface area contributed by atoms with Crippen LogP contribution in [-0.4, -0.2) is 59.9 Å². The predicted octanol–water partition coefficient (Wildman–Crippen LogP) is 3.65. The van der Waals surface area contributed by atoms with Gasteiger partial charge in [-0.2, -0.15) is 18.3 Å². The van der Waals surface area contributed by atoms with Crippen molar-refractivity contribution in [3.63, 3.8) is 0 Å². The number of nitrogens with one attached hydrogen (secondary N) is 2. The SMILES string of the molecule is COc1cccc2c1C1(CCC(Oc3ccc4[nH]ncc4c3)CC1)C(=O)N2CC(O)NCC(F)(F)F. The van der Waals surface area contributed by atoms with Crippen LogP contribution in [0.3, 0.4) is 0 Å². The maximum Gasteiger partial charge on any atom is 0.401 e. The molecule has 1 saturated carbocycles. The molecule has 0 saturated heterocycles. The van der Waals surface area contributed by atoms with Crippen LogP contribution in [0.2, 0.25) is 0 Å². The van der Waals surface area contributed by atoms with Gasteiger partial charge in [-0.1, -0.05) is 6.07 Å². The molecule has 8 nitrogen and oxygen atoms in total. The number of ether oxygens (including phenoxy) is 2. The number of nitrogens with zero attached hydrogens (tertiary/aromatic N) is 2. The number of amides is 1. The topological polar surface area (TPSA) is 99.7 Å². The number of aromatic nitrogens is 2. The standard InChI is InChI=1S/C25H27F3N4O4/c1-35-20-4-2-3-19-22(20)24(23(34)32(19)13-21(33)29-14-25(26,27)28)9-7-16(8-10-24)36-17-5-6-18-15(11-17)12-30-31-18/h2-6,11-12,16,21,29,33H,7-10,13-14H2,1H3,(H,30,31). The number of alkyl halides is 3. The summed E-state index contributed by atoms with van der Waals surface area (Å²) in [5, 5.41) is 20.1. The summed E-state index contributed by atoms with van der Waals surface area (Å²) in [6, 6.07) is 10.9. The molecule has 2 aromatic carbocycles. The largest absolute Gasteiger partial charge is 0.496 e. The molecule has 1 unspecified atom stereocenters. The number of carbonyl (C=O) groups is 1. The van der Waals surface area contributed by atoms with Gasteiger partial charge in [-0.05, 0) is 56.0 Å². The molecule has 2 aliphatic rings. The third-order valence-electron chi connectivity index (χ3n) is 7.04. The van der Waals surface area contributed by atoms with Gasteiger partial charge < -0.3 is 19.5 Å². The molecule has 36 heavy (non-hydrogen) atoms. The fourth-order valence-corrected chi connectivity index (χ4v) is 5.37. The lowest BCUT2D eigenvalue weighted by Gasteiger charge is -2.37. The number of aliphatic hydroxyl groups excluding tert-OH is 1. The van der Waals surface area contributed by atoms with Crippen LogP contribution in [0.15, 0.2) is 42.6 Å². The summed E-state index contributed by atoms with van der Waals surface area (Å²) in [6.07, 6.45) is -2.20. The number of hydrogen-bond donors (Lipinski definition) is 3. The van der Waals surface area contributed by atoms with E-state index in [0.29, 0.717) is 37.1 Å². The first kappa shape index (κ1) is 24.4. The Labute approximate surface area is 205 Å². The highest BCUT2D eigenvalue weighted by molar-refractivity contribution is 6.09. The van der Waals surface area contributed by atoms with Gasteiger partial charge in [0, 0.05) is 10.9 Å². The number of β-amino-alcohol motifs (C(OH)–C–C–N with tert-alkyl or cyclic N) is 1. The van der Waals surface area contributed by atoms with Crippen molar-refractivity contribution in [1.82, 2.24) is 15.5 Å². The molecule has 1 atom stereocenters. The second kappa shape index (κ2) is 9.29. The molecule has 1 aliphatic heterocycles. The molecular weight excluding hydrogens is 477 g/mol. The molecule has 1 aromatic heterocycles. The molecule has 1 aliphatic carbocycles. The molecule has 11 heteroatoms. The molecule has 5 rings (SSSR count). The monoisotopic (exact) mass is 504 g/mol. The summed E-state index contributed by atoms with van der Waals surface area (Å²) in [5.41, 5.74) is 1.30. The lowest BCUT2D eigenvalue weighted by atomic mass is 9.69. The minimum absolute atomic E-state index is 0.0981. The molecule has 1 amide bonds. The van der Waals surface area contributed by atoms with Gasteiger partial charge in [0.1, 0.15) is 17.7 Å². The lowest BCUT2D eigenvalue weighted by molar-refractivity contribution is -0.131. The Balaban J connectivity index is 1.35. The van der Waals surface area contributed by atoms with Crippen molar-refractivity contribution in [3.05, 3.63) is 48.2 Å². The van der Waals surface area contributed by atoms with Crippen molar-refractivity contribution in [1.29, 1.82) is 0 Å². The molecule has 2 heterocycles. The number of fused-ring (bicyclic) bond motifs is 3. The van der Waals surface area contributed by atoms with Crippen molar-refractivity contribution in [2.75, 3.05) is 25.1 Å². The number of aromatic amines is 1. The summed E-state index contributed by atoms with van der Waals surface area (Å²) in [7, 11) is 1.52.